The van der Waals surface area contributed by atoms with Crippen LogP contribution in [0.15, 0.2) is 0 Å². The third-order valence-electron chi connectivity index (χ3n) is 6.64. The van der Waals surface area contributed by atoms with E-state index in [0.717, 1.165) is 70.6 Å². The molecule has 0 heterocycles. The smallest absolute Gasteiger partial charge is 0.303 e. The number of carbonyl (C=O) groups is 3. The molecule has 0 bridgehead atoms. The highest BCUT2D eigenvalue weighted by molar-refractivity contribution is 5.67. The van der Waals surface area contributed by atoms with Crippen molar-refractivity contribution in [1.29, 1.82) is 0 Å². The van der Waals surface area contributed by atoms with Crippen LogP contribution in [0, 0.1) is 29.1 Å². The summed E-state index contributed by atoms with van der Waals surface area (Å²) in [6, 6.07) is 0. The topological polar surface area (TPSA) is 101 Å². The first-order valence-electron chi connectivity index (χ1n) is 12.1. The maximum absolute atomic E-state index is 11.4. The summed E-state index contributed by atoms with van der Waals surface area (Å²) in [4.78, 5) is 33.4. The molecule has 31 heavy (non-hydrogen) atoms. The van der Waals surface area contributed by atoms with E-state index in [1.54, 1.807) is 0 Å². The molecule has 0 aromatic rings. The first-order valence-corrected chi connectivity index (χ1v) is 12.1. The van der Waals surface area contributed by atoms with Crippen molar-refractivity contribution in [3.8, 4) is 0 Å². The zero-order valence-corrected chi connectivity index (χ0v) is 19.8. The van der Waals surface area contributed by atoms with Crippen LogP contribution in [0.25, 0.3) is 0 Å². The van der Waals surface area contributed by atoms with Crippen LogP contribution in [0.1, 0.15) is 104 Å². The Morgan fingerprint density at radius 2 is 1.19 bits per heavy atom. The van der Waals surface area contributed by atoms with Gasteiger partial charge in [-0.1, -0.05) is 46.5 Å². The number of rotatable bonds is 8. The Hall–Kier alpha value is -1.59. The van der Waals surface area contributed by atoms with Crippen LogP contribution < -0.4 is 0 Å². The standard InChI is InChI=1S/C25H44O6/c1-25(2,3)16-21-8-4-6-20(15-24(29)30)11-13-22(17-31-18-26)9-5-7-19(10-12-21)14-23(27)28/h18-22H,4-17H2,1-3H3,(H,27,28)(H,29,30). The van der Waals surface area contributed by atoms with E-state index in [-0.39, 0.29) is 36.0 Å². The molecule has 2 N–H and O–H groups in total. The van der Waals surface area contributed by atoms with Gasteiger partial charge in [0.2, 0.25) is 0 Å². The van der Waals surface area contributed by atoms with Gasteiger partial charge in [0.1, 0.15) is 0 Å². The lowest BCUT2D eigenvalue weighted by Gasteiger charge is -2.29. The van der Waals surface area contributed by atoms with Gasteiger partial charge in [-0.3, -0.25) is 14.4 Å². The fraction of sp³-hybridized carbons (Fsp3) is 0.880. The predicted octanol–water partition coefficient (Wildman–Crippen LogP) is 5.92. The molecule has 0 spiro atoms. The molecular formula is C25H44O6. The fourth-order valence-electron chi connectivity index (χ4n) is 5.22. The summed E-state index contributed by atoms with van der Waals surface area (Å²) in [7, 11) is 0. The van der Waals surface area contributed by atoms with Crippen molar-refractivity contribution in [2.45, 2.75) is 104 Å². The van der Waals surface area contributed by atoms with Gasteiger partial charge < -0.3 is 14.9 Å². The van der Waals surface area contributed by atoms with Gasteiger partial charge in [0.05, 0.1) is 6.61 Å². The van der Waals surface area contributed by atoms with Crippen LogP contribution in [0.2, 0.25) is 0 Å². The molecule has 1 aliphatic rings. The van der Waals surface area contributed by atoms with Gasteiger partial charge in [0.15, 0.2) is 0 Å². The summed E-state index contributed by atoms with van der Waals surface area (Å²) in [5, 5.41) is 18.7. The number of hydrogen-bond donors (Lipinski definition) is 2. The van der Waals surface area contributed by atoms with Crippen LogP contribution in [-0.2, 0) is 19.1 Å². The minimum Gasteiger partial charge on any atom is -0.481 e. The molecular weight excluding hydrogens is 396 g/mol. The van der Waals surface area contributed by atoms with E-state index in [1.807, 2.05) is 0 Å². The first-order chi connectivity index (χ1) is 14.6. The number of aliphatic carboxylic acids is 2. The minimum atomic E-state index is -0.741. The van der Waals surface area contributed by atoms with Crippen molar-refractivity contribution < 1.29 is 29.3 Å². The van der Waals surface area contributed by atoms with E-state index < -0.39 is 11.9 Å². The Balaban J connectivity index is 2.88. The third kappa shape index (κ3) is 14.2. The second kappa shape index (κ2) is 14.5. The molecule has 180 valence electrons. The molecule has 0 aromatic heterocycles. The van der Waals surface area contributed by atoms with Crippen LogP contribution >= 0.6 is 0 Å². The predicted molar refractivity (Wildman–Crippen MR) is 121 cm³/mol. The second-order valence-electron chi connectivity index (χ2n) is 10.9. The molecule has 0 aliphatic heterocycles. The molecule has 0 radical (unpaired) electrons. The molecule has 1 rings (SSSR count). The molecule has 4 unspecified atom stereocenters. The van der Waals surface area contributed by atoms with Crippen LogP contribution in [0.4, 0.5) is 0 Å². The first kappa shape index (κ1) is 27.4. The zero-order chi connectivity index (χ0) is 23.3. The van der Waals surface area contributed by atoms with Gasteiger partial charge in [-0.2, -0.15) is 0 Å². The van der Waals surface area contributed by atoms with Gasteiger partial charge in [0.25, 0.3) is 6.47 Å². The maximum Gasteiger partial charge on any atom is 0.303 e. The number of carboxylic acid groups (broad SMARTS) is 2. The summed E-state index contributed by atoms with van der Waals surface area (Å²) in [5.41, 5.74) is 0.227. The average molecular weight is 441 g/mol. The highest BCUT2D eigenvalue weighted by Gasteiger charge is 2.24. The molecule has 0 saturated heterocycles. The molecule has 0 amide bonds. The van der Waals surface area contributed by atoms with Crippen molar-refractivity contribution in [3.05, 3.63) is 0 Å². The quantitative estimate of drug-likeness (QED) is 0.454. The van der Waals surface area contributed by atoms with Crippen molar-refractivity contribution in [3.63, 3.8) is 0 Å². The molecule has 1 saturated carbocycles. The molecule has 1 aliphatic carbocycles. The molecule has 1 fully saturated rings. The average Bonchev–Trinajstić information content (AvgIpc) is 2.64. The summed E-state index contributed by atoms with van der Waals surface area (Å²) < 4.78 is 5.02. The fourth-order valence-corrected chi connectivity index (χ4v) is 5.22. The second-order valence-corrected chi connectivity index (χ2v) is 10.9. The molecule has 4 atom stereocenters. The Morgan fingerprint density at radius 3 is 1.65 bits per heavy atom. The van der Waals surface area contributed by atoms with E-state index in [0.29, 0.717) is 19.0 Å². The van der Waals surface area contributed by atoms with E-state index in [9.17, 15) is 24.6 Å². The Bertz CT molecular complexity index is 539. The molecule has 6 heteroatoms. The van der Waals surface area contributed by atoms with Crippen molar-refractivity contribution in [2.24, 2.45) is 29.1 Å². The number of hydrogen-bond acceptors (Lipinski definition) is 4. The third-order valence-corrected chi connectivity index (χ3v) is 6.64. The van der Waals surface area contributed by atoms with E-state index >= 15 is 0 Å². The summed E-state index contributed by atoms with van der Waals surface area (Å²) in [6.45, 7) is 7.59. The van der Waals surface area contributed by atoms with Gasteiger partial charge in [-0.05, 0) is 74.0 Å². The number of ether oxygens (including phenoxy) is 1. The van der Waals surface area contributed by atoms with Crippen LogP contribution in [0.5, 0.6) is 0 Å². The lowest BCUT2D eigenvalue weighted by atomic mass is 9.77. The van der Waals surface area contributed by atoms with Gasteiger partial charge in [0, 0.05) is 12.8 Å². The number of carbonyl (C=O) groups excluding carboxylic acids is 1. The van der Waals surface area contributed by atoms with Gasteiger partial charge >= 0.3 is 11.9 Å². The molecule has 6 nitrogen and oxygen atoms in total. The van der Waals surface area contributed by atoms with Crippen LogP contribution in [0.3, 0.4) is 0 Å². The number of carboxylic acids is 2. The summed E-state index contributed by atoms with van der Waals surface area (Å²) in [5.74, 6) is -0.350. The van der Waals surface area contributed by atoms with E-state index in [4.69, 9.17) is 4.74 Å². The summed E-state index contributed by atoms with van der Waals surface area (Å²) in [6.07, 6.45) is 10.9. The largest absolute Gasteiger partial charge is 0.481 e. The Kier molecular flexibility index (Phi) is 12.8. The van der Waals surface area contributed by atoms with Crippen molar-refractivity contribution >= 4 is 18.4 Å². The van der Waals surface area contributed by atoms with E-state index in [2.05, 4.69) is 20.8 Å². The highest BCUT2D eigenvalue weighted by Crippen LogP contribution is 2.35. The summed E-state index contributed by atoms with van der Waals surface area (Å²) >= 11 is 0. The lowest BCUT2D eigenvalue weighted by molar-refractivity contribution is -0.139. The lowest BCUT2D eigenvalue weighted by Crippen LogP contribution is -2.18. The zero-order valence-electron chi connectivity index (χ0n) is 19.8. The van der Waals surface area contributed by atoms with Crippen molar-refractivity contribution in [1.82, 2.24) is 0 Å². The SMILES string of the molecule is CC(C)(C)CC1CCCC(CC(=O)O)CCC(COC=O)CCCC(CC(=O)O)CC1. The maximum atomic E-state index is 11.4. The van der Waals surface area contributed by atoms with Crippen LogP contribution in [-0.4, -0.2) is 35.2 Å². The van der Waals surface area contributed by atoms with Gasteiger partial charge in [-0.25, -0.2) is 0 Å². The molecule has 0 aromatic carbocycles. The highest BCUT2D eigenvalue weighted by atomic mass is 16.5. The van der Waals surface area contributed by atoms with Crippen molar-refractivity contribution in [2.75, 3.05) is 6.61 Å². The normalized spacial score (nSPS) is 27.1. The Labute approximate surface area is 188 Å². The Morgan fingerprint density at radius 1 is 0.774 bits per heavy atom. The monoisotopic (exact) mass is 440 g/mol. The van der Waals surface area contributed by atoms with Gasteiger partial charge in [-0.15, -0.1) is 0 Å². The minimum absolute atomic E-state index is 0.161. The van der Waals surface area contributed by atoms with E-state index in [1.165, 1.54) is 0 Å².